The first-order chi connectivity index (χ1) is 19.1. The molecule has 0 saturated carbocycles. The summed E-state index contributed by atoms with van der Waals surface area (Å²) in [6.45, 7) is 0. The van der Waals surface area contributed by atoms with Gasteiger partial charge in [0, 0.05) is 18.2 Å². The fourth-order valence-electron chi connectivity index (χ4n) is 4.29. The van der Waals surface area contributed by atoms with Crippen LogP contribution in [0, 0.1) is 0 Å². The Balaban J connectivity index is 0.000000361. The molecule has 0 heterocycles. The van der Waals surface area contributed by atoms with Crippen LogP contribution in [0.4, 0.5) is 0 Å². The molecule has 0 aliphatic rings. The molecule has 0 amide bonds. The molecular weight excluding hydrogens is 719 g/mol. The van der Waals surface area contributed by atoms with Crippen molar-refractivity contribution in [1.82, 2.24) is 0 Å². The van der Waals surface area contributed by atoms with Crippen molar-refractivity contribution in [1.29, 1.82) is 0 Å². The predicted molar refractivity (Wildman–Crippen MR) is 150 cm³/mol. The van der Waals surface area contributed by atoms with Crippen LogP contribution in [-0.2, 0) is 39.9 Å². The average Bonchev–Trinajstić information content (AvgIpc) is 2.92. The van der Waals surface area contributed by atoms with Crippen LogP contribution in [0.5, 0.6) is 0 Å². The van der Waals surface area contributed by atoms with E-state index in [1.807, 2.05) is 0 Å². The molecule has 6 rings (SSSR count). The summed E-state index contributed by atoms with van der Waals surface area (Å²) in [4.78, 5) is 25.6. The smallest absolute Gasteiger partial charge is 0.0616 e. The summed E-state index contributed by atoms with van der Waals surface area (Å²) >= 11 is -4.28. The third-order valence-corrected chi connectivity index (χ3v) is 8.05. The van der Waals surface area contributed by atoms with E-state index in [0.29, 0.717) is 0 Å². The van der Waals surface area contributed by atoms with Gasteiger partial charge >= 0.3 is 36.0 Å². The normalized spacial score (nSPS) is 11.0. The zero-order valence-electron chi connectivity index (χ0n) is 20.9. The van der Waals surface area contributed by atoms with Crippen molar-refractivity contribution in [3.63, 3.8) is 0 Å². The summed E-state index contributed by atoms with van der Waals surface area (Å²) in [7, 11) is -4.82. The van der Waals surface area contributed by atoms with Gasteiger partial charge in [-0.2, -0.15) is 0 Å². The third-order valence-electron chi connectivity index (χ3n) is 5.87. The first-order valence-corrected chi connectivity index (χ1v) is 18.2. The summed E-state index contributed by atoms with van der Waals surface area (Å²) in [5.74, 6) is 0. The van der Waals surface area contributed by atoms with Gasteiger partial charge in [0.15, 0.2) is 14.7 Å². The Morgan fingerprint density at radius 1 is 0.500 bits per heavy atom. The summed E-state index contributed by atoms with van der Waals surface area (Å²) in [6.07, 6.45) is 0. The molecule has 0 bridgehead atoms. The van der Waals surface area contributed by atoms with Gasteiger partial charge in [-0.25, -0.2) is 4.57 Å². The fourth-order valence-corrected chi connectivity index (χ4v) is 6.45. The van der Waals surface area contributed by atoms with E-state index in [0.717, 1.165) is 0 Å². The van der Waals surface area contributed by atoms with E-state index < -0.39 is 25.4 Å². The minimum Gasteiger partial charge on any atom is -0.0616 e. The SMILES string of the molecule is O=P(O)(O)O.[O]=[W](=[O])[O-].c1ccc2cc([S+](c3ccc4ccccc4c3)c3ccc4ccccc4c3)ccc2c1. The quantitative estimate of drug-likeness (QED) is 0.152. The molecule has 6 aromatic carbocycles. The molecule has 0 aliphatic carbocycles. The number of benzene rings is 6. The Bertz CT molecular complexity index is 1700. The first kappa shape index (κ1) is 29.8. The second-order valence-electron chi connectivity index (χ2n) is 8.55. The molecule has 40 heavy (non-hydrogen) atoms. The largest absolute Gasteiger partial charge is 0.167 e. The first-order valence-electron chi connectivity index (χ1n) is 11.8. The molecule has 0 fully saturated rings. The average molecular weight is 743 g/mol. The maximum Gasteiger partial charge on any atom is 0.167 e. The van der Waals surface area contributed by atoms with Gasteiger partial charge in [-0.1, -0.05) is 72.8 Å². The molecule has 0 aliphatic heterocycles. The van der Waals surface area contributed by atoms with E-state index in [4.69, 9.17) is 29.8 Å². The maximum atomic E-state index is 8.88. The van der Waals surface area contributed by atoms with Gasteiger partial charge < -0.3 is 14.7 Å². The molecule has 0 spiro atoms. The van der Waals surface area contributed by atoms with Gasteiger partial charge in [0.05, 0.1) is 10.9 Å². The van der Waals surface area contributed by atoms with Crippen LogP contribution in [0.15, 0.2) is 142 Å². The molecule has 7 nitrogen and oxygen atoms in total. The molecular formula is C30H24O7PSW. The number of rotatable bonds is 3. The van der Waals surface area contributed by atoms with Crippen molar-refractivity contribution in [3.05, 3.63) is 127 Å². The van der Waals surface area contributed by atoms with E-state index in [-0.39, 0.29) is 10.9 Å². The van der Waals surface area contributed by atoms with Gasteiger partial charge in [-0.05, 0) is 68.7 Å². The van der Waals surface area contributed by atoms with Crippen molar-refractivity contribution in [2.24, 2.45) is 0 Å². The summed E-state index contributed by atoms with van der Waals surface area (Å²) in [5.41, 5.74) is 0. The van der Waals surface area contributed by atoms with Crippen LogP contribution in [0.1, 0.15) is 0 Å². The zero-order chi connectivity index (χ0) is 28.7. The van der Waals surface area contributed by atoms with Gasteiger partial charge in [-0.15, -0.1) is 0 Å². The van der Waals surface area contributed by atoms with Crippen molar-refractivity contribution >= 4 is 51.0 Å². The van der Waals surface area contributed by atoms with Crippen molar-refractivity contribution in [2.45, 2.75) is 14.7 Å². The Morgan fingerprint density at radius 3 is 0.975 bits per heavy atom. The van der Waals surface area contributed by atoms with Gasteiger partial charge in [-0.3, -0.25) is 0 Å². The molecule has 6 aromatic rings. The van der Waals surface area contributed by atoms with E-state index >= 15 is 0 Å². The summed E-state index contributed by atoms with van der Waals surface area (Å²) < 4.78 is 34.7. The monoisotopic (exact) mass is 743 g/mol. The molecule has 0 atom stereocenters. The Labute approximate surface area is 239 Å². The molecule has 0 radical (unpaired) electrons. The maximum absolute atomic E-state index is 8.88. The van der Waals surface area contributed by atoms with Crippen LogP contribution in [0.2, 0.25) is 0 Å². The Morgan fingerprint density at radius 2 is 0.725 bits per heavy atom. The predicted octanol–water partition coefficient (Wildman–Crippen LogP) is 5.88. The summed E-state index contributed by atoms with van der Waals surface area (Å²) in [5, 5.41) is 7.72. The van der Waals surface area contributed by atoms with Crippen LogP contribution in [-0.4, -0.2) is 14.7 Å². The summed E-state index contributed by atoms with van der Waals surface area (Å²) in [6, 6.07) is 46.6. The topological polar surface area (TPSA) is 135 Å². The Kier molecular flexibility index (Phi) is 10.0. The molecule has 0 saturated heterocycles. The molecule has 203 valence electrons. The van der Waals surface area contributed by atoms with Crippen molar-refractivity contribution in [2.75, 3.05) is 0 Å². The zero-order valence-corrected chi connectivity index (χ0v) is 25.5. The van der Waals surface area contributed by atoms with Gasteiger partial charge in [0.1, 0.15) is 0 Å². The molecule has 10 heteroatoms. The van der Waals surface area contributed by atoms with E-state index in [9.17, 15) is 0 Å². The fraction of sp³-hybridized carbons (Fsp3) is 0. The molecule has 3 N–H and O–H groups in total. The van der Waals surface area contributed by atoms with E-state index in [2.05, 4.69) is 127 Å². The second kappa shape index (κ2) is 13.4. The number of hydrogen-bond acceptors (Lipinski definition) is 4. The molecule has 0 aromatic heterocycles. The Hall–Kier alpha value is -3.19. The number of hydrogen-bond donors (Lipinski definition) is 3. The van der Waals surface area contributed by atoms with Gasteiger partial charge in [0.25, 0.3) is 0 Å². The third kappa shape index (κ3) is 8.40. The van der Waals surface area contributed by atoms with Crippen LogP contribution >= 0.6 is 7.82 Å². The van der Waals surface area contributed by atoms with Crippen LogP contribution in [0.25, 0.3) is 32.3 Å². The van der Waals surface area contributed by atoms with E-state index in [1.165, 1.54) is 47.0 Å². The standard InChI is InChI=1S/C30H21S.H3O4P.3O.W/c1-4-10-25-19-28(16-13-22(25)7-1)31(29-17-14-23-8-2-5-11-26(23)20-29)30-18-15-24-9-3-6-12-27(24)21-30;1-5(2,3)4;;;;/h1-21H;(H3,1,2,3,4);;;;/q+1;;;;-1;. The number of phosphoric acid groups is 1. The minimum absolute atomic E-state index is 0.183. The minimum atomic E-state index is -4.64. The second-order valence-corrected chi connectivity index (χ2v) is 13.1. The van der Waals surface area contributed by atoms with Crippen molar-refractivity contribution < 1.29 is 47.4 Å². The van der Waals surface area contributed by atoms with Crippen LogP contribution in [0.3, 0.4) is 0 Å². The van der Waals surface area contributed by atoms with Gasteiger partial charge in [0.2, 0.25) is 0 Å². The molecule has 0 unspecified atom stereocenters. The number of fused-ring (bicyclic) bond motifs is 3. The van der Waals surface area contributed by atoms with Crippen molar-refractivity contribution in [3.8, 4) is 0 Å². The van der Waals surface area contributed by atoms with Crippen LogP contribution < -0.4 is 3.76 Å². The van der Waals surface area contributed by atoms with E-state index in [1.54, 1.807) is 0 Å².